The Balaban J connectivity index is 1.71. The van der Waals surface area contributed by atoms with E-state index < -0.39 is 0 Å². The Kier molecular flexibility index (Phi) is 2.42. The van der Waals surface area contributed by atoms with Gasteiger partial charge in [-0.2, -0.15) is 4.98 Å². The normalized spacial score (nSPS) is 27.6. The summed E-state index contributed by atoms with van der Waals surface area (Å²) >= 11 is 0. The van der Waals surface area contributed by atoms with Crippen molar-refractivity contribution < 1.29 is 9.26 Å². The quantitative estimate of drug-likeness (QED) is 0.787. The fourth-order valence-corrected chi connectivity index (χ4v) is 1.94. The summed E-state index contributed by atoms with van der Waals surface area (Å²) in [6.07, 6.45) is 3.67. The molecule has 2 fully saturated rings. The Morgan fingerprint density at radius 1 is 1.33 bits per heavy atom. The highest BCUT2D eigenvalue weighted by Crippen LogP contribution is 2.35. The number of nitrogens with one attached hydrogen (secondary N) is 1. The van der Waals surface area contributed by atoms with E-state index in [1.807, 2.05) is 0 Å². The fourth-order valence-electron chi connectivity index (χ4n) is 1.94. The van der Waals surface area contributed by atoms with Gasteiger partial charge in [-0.15, -0.1) is 0 Å². The molecule has 1 aliphatic heterocycles. The van der Waals surface area contributed by atoms with Gasteiger partial charge in [0.25, 0.3) is 0 Å². The van der Waals surface area contributed by atoms with Crippen LogP contribution in [0, 0.1) is 0 Å². The van der Waals surface area contributed by atoms with Crippen molar-refractivity contribution in [3.8, 4) is 0 Å². The number of hydrogen-bond donors (Lipinski definition) is 1. The molecule has 2 heterocycles. The highest BCUT2D eigenvalue weighted by atomic mass is 16.5. The molecule has 1 saturated heterocycles. The number of rotatable bonds is 2. The molecule has 0 amide bonds. The minimum Gasteiger partial charge on any atom is -0.378 e. The predicted octanol–water partition coefficient (Wildman–Crippen LogP) is 0.998. The molecule has 82 valence electrons. The maximum atomic E-state index is 5.36. The van der Waals surface area contributed by atoms with Crippen molar-refractivity contribution in [1.82, 2.24) is 15.5 Å². The molecule has 1 atom stereocenters. The summed E-state index contributed by atoms with van der Waals surface area (Å²) in [5.41, 5.74) is 0. The smallest absolute Gasteiger partial charge is 0.229 e. The number of aromatic nitrogens is 2. The average molecular weight is 209 g/mol. The number of hydrogen-bond acceptors (Lipinski definition) is 5. The van der Waals surface area contributed by atoms with Crippen LogP contribution < -0.4 is 5.32 Å². The van der Waals surface area contributed by atoms with Crippen molar-refractivity contribution in [2.24, 2.45) is 0 Å². The largest absolute Gasteiger partial charge is 0.378 e. The second kappa shape index (κ2) is 3.90. The van der Waals surface area contributed by atoms with Gasteiger partial charge in [0.1, 0.15) is 0 Å². The van der Waals surface area contributed by atoms with Crippen LogP contribution in [0.1, 0.15) is 42.9 Å². The zero-order valence-corrected chi connectivity index (χ0v) is 8.61. The lowest BCUT2D eigenvalue weighted by atomic mass is 9.85. The van der Waals surface area contributed by atoms with Crippen LogP contribution in [0.5, 0.6) is 0 Å². The molecule has 1 saturated carbocycles. The molecular weight excluding hydrogens is 194 g/mol. The molecule has 0 bridgehead atoms. The molecule has 0 aromatic carbocycles. The Morgan fingerprint density at radius 3 is 2.93 bits per heavy atom. The highest BCUT2D eigenvalue weighted by Gasteiger charge is 2.27. The van der Waals surface area contributed by atoms with Crippen molar-refractivity contribution >= 4 is 0 Å². The van der Waals surface area contributed by atoms with E-state index in [0.29, 0.717) is 12.5 Å². The summed E-state index contributed by atoms with van der Waals surface area (Å²) in [6, 6.07) is 0.108. The summed E-state index contributed by atoms with van der Waals surface area (Å²) in [5.74, 6) is 2.07. The first-order chi connectivity index (χ1) is 7.43. The van der Waals surface area contributed by atoms with Crippen molar-refractivity contribution in [1.29, 1.82) is 0 Å². The van der Waals surface area contributed by atoms with E-state index in [4.69, 9.17) is 9.26 Å². The minimum absolute atomic E-state index is 0.108. The molecule has 5 nitrogen and oxygen atoms in total. The summed E-state index contributed by atoms with van der Waals surface area (Å²) in [7, 11) is 0. The van der Waals surface area contributed by atoms with E-state index >= 15 is 0 Å². The molecule has 0 unspecified atom stereocenters. The molecule has 0 spiro atoms. The first kappa shape index (κ1) is 9.30. The van der Waals surface area contributed by atoms with E-state index in [1.54, 1.807) is 0 Å². The van der Waals surface area contributed by atoms with Crippen LogP contribution in [0.2, 0.25) is 0 Å². The zero-order valence-electron chi connectivity index (χ0n) is 8.61. The second-order valence-electron chi connectivity index (χ2n) is 4.20. The van der Waals surface area contributed by atoms with Gasteiger partial charge in [0.15, 0.2) is 5.82 Å². The zero-order chi connectivity index (χ0) is 10.1. The number of morpholine rings is 1. The summed E-state index contributed by atoms with van der Waals surface area (Å²) in [6.45, 7) is 2.27. The SMILES string of the molecule is C1CC(c2nc([C@H]3COCCN3)no2)C1. The topological polar surface area (TPSA) is 60.2 Å². The van der Waals surface area contributed by atoms with Gasteiger partial charge in [-0.3, -0.25) is 0 Å². The Bertz CT molecular complexity index is 329. The van der Waals surface area contributed by atoms with Gasteiger partial charge in [0.05, 0.1) is 19.3 Å². The third-order valence-electron chi connectivity index (χ3n) is 3.15. The van der Waals surface area contributed by atoms with Crippen LogP contribution in [0.4, 0.5) is 0 Å². The Hall–Kier alpha value is -0.940. The molecular formula is C10H15N3O2. The minimum atomic E-state index is 0.108. The number of ether oxygens (including phenoxy) is 1. The molecule has 1 aromatic rings. The predicted molar refractivity (Wildman–Crippen MR) is 52.5 cm³/mol. The fraction of sp³-hybridized carbons (Fsp3) is 0.800. The second-order valence-corrected chi connectivity index (χ2v) is 4.20. The van der Waals surface area contributed by atoms with Gasteiger partial charge in [-0.25, -0.2) is 0 Å². The van der Waals surface area contributed by atoms with Gasteiger partial charge in [0.2, 0.25) is 5.89 Å². The summed E-state index contributed by atoms with van der Waals surface area (Å²) in [4.78, 5) is 4.44. The van der Waals surface area contributed by atoms with Crippen molar-refractivity contribution in [2.75, 3.05) is 19.8 Å². The molecule has 3 rings (SSSR count). The van der Waals surface area contributed by atoms with Gasteiger partial charge < -0.3 is 14.6 Å². The lowest BCUT2D eigenvalue weighted by Gasteiger charge is -2.21. The van der Waals surface area contributed by atoms with Crippen LogP contribution in [0.25, 0.3) is 0 Å². The first-order valence-corrected chi connectivity index (χ1v) is 5.58. The number of nitrogens with zero attached hydrogens (tertiary/aromatic N) is 2. The van der Waals surface area contributed by atoms with Crippen LogP contribution >= 0.6 is 0 Å². The molecule has 1 aromatic heterocycles. The van der Waals surface area contributed by atoms with Crippen molar-refractivity contribution in [2.45, 2.75) is 31.2 Å². The van der Waals surface area contributed by atoms with E-state index in [-0.39, 0.29) is 6.04 Å². The van der Waals surface area contributed by atoms with Crippen LogP contribution in [-0.2, 0) is 4.74 Å². The lowest BCUT2D eigenvalue weighted by molar-refractivity contribution is 0.0734. The van der Waals surface area contributed by atoms with Crippen LogP contribution in [0.15, 0.2) is 4.52 Å². The van der Waals surface area contributed by atoms with Gasteiger partial charge >= 0.3 is 0 Å². The van der Waals surface area contributed by atoms with Crippen molar-refractivity contribution in [3.63, 3.8) is 0 Å². The molecule has 1 N–H and O–H groups in total. The summed E-state index contributed by atoms with van der Waals surface area (Å²) < 4.78 is 10.6. The Labute approximate surface area is 88.2 Å². The molecule has 1 aliphatic carbocycles. The molecule has 0 radical (unpaired) electrons. The van der Waals surface area contributed by atoms with Crippen molar-refractivity contribution in [3.05, 3.63) is 11.7 Å². The summed E-state index contributed by atoms with van der Waals surface area (Å²) in [5, 5.41) is 7.33. The van der Waals surface area contributed by atoms with Crippen LogP contribution in [0.3, 0.4) is 0 Å². The van der Waals surface area contributed by atoms with Gasteiger partial charge in [0, 0.05) is 12.5 Å². The lowest BCUT2D eigenvalue weighted by Crippen LogP contribution is -2.35. The van der Waals surface area contributed by atoms with Crippen LogP contribution in [-0.4, -0.2) is 29.9 Å². The third kappa shape index (κ3) is 1.77. The van der Waals surface area contributed by atoms with E-state index in [2.05, 4.69) is 15.5 Å². The monoisotopic (exact) mass is 209 g/mol. The molecule has 2 aliphatic rings. The third-order valence-corrected chi connectivity index (χ3v) is 3.15. The van der Waals surface area contributed by atoms with Gasteiger partial charge in [-0.05, 0) is 12.8 Å². The molecule has 15 heavy (non-hydrogen) atoms. The standard InChI is InChI=1S/C10H15N3O2/c1-2-7(3-1)10-12-9(13-15-10)8-6-14-5-4-11-8/h7-8,11H,1-6H2/t8-/m1/s1. The van der Waals surface area contributed by atoms with E-state index in [9.17, 15) is 0 Å². The maximum Gasteiger partial charge on any atom is 0.229 e. The van der Waals surface area contributed by atoms with E-state index in [1.165, 1.54) is 19.3 Å². The first-order valence-electron chi connectivity index (χ1n) is 5.58. The van der Waals surface area contributed by atoms with E-state index in [0.717, 1.165) is 24.9 Å². The van der Waals surface area contributed by atoms with Gasteiger partial charge in [-0.1, -0.05) is 11.6 Å². The highest BCUT2D eigenvalue weighted by molar-refractivity contribution is 5.01. The maximum absolute atomic E-state index is 5.36. The average Bonchev–Trinajstić information content (AvgIpc) is 2.66. The Morgan fingerprint density at radius 2 is 2.27 bits per heavy atom. The molecule has 5 heteroatoms.